The zero-order chi connectivity index (χ0) is 19.4. The van der Waals surface area contributed by atoms with Crippen molar-refractivity contribution in [2.75, 3.05) is 11.4 Å². The van der Waals surface area contributed by atoms with Gasteiger partial charge in [0.1, 0.15) is 4.53 Å². The van der Waals surface area contributed by atoms with E-state index in [2.05, 4.69) is 10.1 Å². The molecule has 0 bridgehead atoms. The van der Waals surface area contributed by atoms with Crippen LogP contribution in [0.15, 0.2) is 53.3 Å². The molecule has 1 aliphatic rings. The zero-order valence-electron chi connectivity index (χ0n) is 15.3. The molecule has 0 atom stereocenters. The van der Waals surface area contributed by atoms with Gasteiger partial charge in [0.05, 0.1) is 11.3 Å². The van der Waals surface area contributed by atoms with E-state index in [0.717, 1.165) is 22.4 Å². The SMILES string of the molecule is CCN1C(=O)C(=c2sc3nc(-c4ccc(C)cc4)nn3c2=O)c2ccccc21. The number of para-hydroxylation sites is 1. The van der Waals surface area contributed by atoms with Gasteiger partial charge in [-0.3, -0.25) is 9.59 Å². The van der Waals surface area contributed by atoms with E-state index in [4.69, 9.17) is 0 Å². The van der Waals surface area contributed by atoms with Crippen LogP contribution >= 0.6 is 11.3 Å². The largest absolute Gasteiger partial charge is 0.308 e. The number of hydrogen-bond acceptors (Lipinski definition) is 5. The van der Waals surface area contributed by atoms with Crippen molar-refractivity contribution in [2.45, 2.75) is 13.8 Å². The van der Waals surface area contributed by atoms with Gasteiger partial charge in [0.2, 0.25) is 4.96 Å². The number of amides is 1. The quantitative estimate of drug-likeness (QED) is 0.529. The van der Waals surface area contributed by atoms with Gasteiger partial charge in [0.25, 0.3) is 11.5 Å². The number of carbonyl (C=O) groups is 1. The van der Waals surface area contributed by atoms with Crippen LogP contribution in [0.5, 0.6) is 0 Å². The Balaban J connectivity index is 1.74. The highest BCUT2D eigenvalue weighted by Gasteiger charge is 2.33. The molecule has 0 unspecified atom stereocenters. The fourth-order valence-electron chi connectivity index (χ4n) is 3.52. The monoisotopic (exact) mass is 388 g/mol. The first-order valence-corrected chi connectivity index (χ1v) is 9.82. The number of aromatic nitrogens is 3. The number of thiazole rings is 1. The third-order valence-corrected chi connectivity index (χ3v) is 5.96. The summed E-state index contributed by atoms with van der Waals surface area (Å²) >= 11 is 1.21. The van der Waals surface area contributed by atoms with Crippen molar-refractivity contribution < 1.29 is 4.79 Å². The molecule has 0 aliphatic carbocycles. The molecule has 1 amide bonds. The average molecular weight is 388 g/mol. The van der Waals surface area contributed by atoms with E-state index in [-0.39, 0.29) is 11.5 Å². The van der Waals surface area contributed by atoms with Crippen LogP contribution in [0.2, 0.25) is 0 Å². The Labute approximate surface area is 164 Å². The molecule has 6 nitrogen and oxygen atoms in total. The molecule has 3 heterocycles. The Hall–Kier alpha value is -3.32. The Morgan fingerprint density at radius 1 is 1.04 bits per heavy atom. The predicted octanol–water partition coefficient (Wildman–Crippen LogP) is 2.41. The van der Waals surface area contributed by atoms with Crippen molar-refractivity contribution in [1.82, 2.24) is 14.6 Å². The summed E-state index contributed by atoms with van der Waals surface area (Å²) in [6.45, 7) is 4.48. The van der Waals surface area contributed by atoms with E-state index >= 15 is 0 Å². The summed E-state index contributed by atoms with van der Waals surface area (Å²) in [7, 11) is 0. The van der Waals surface area contributed by atoms with Crippen LogP contribution in [-0.4, -0.2) is 27.0 Å². The summed E-state index contributed by atoms with van der Waals surface area (Å²) in [5.74, 6) is 0.359. The molecule has 0 spiro atoms. The zero-order valence-corrected chi connectivity index (χ0v) is 16.2. The molecule has 0 radical (unpaired) electrons. The maximum Gasteiger partial charge on any atom is 0.291 e. The van der Waals surface area contributed by atoms with Gasteiger partial charge >= 0.3 is 0 Å². The Morgan fingerprint density at radius 2 is 1.79 bits per heavy atom. The molecular formula is C21H16N4O2S. The second kappa shape index (κ2) is 6.10. The predicted molar refractivity (Wildman–Crippen MR) is 110 cm³/mol. The van der Waals surface area contributed by atoms with Crippen LogP contribution in [0, 0.1) is 6.92 Å². The lowest BCUT2D eigenvalue weighted by Crippen LogP contribution is -2.32. The fraction of sp³-hybridized carbons (Fsp3) is 0.143. The van der Waals surface area contributed by atoms with Crippen LogP contribution in [0.3, 0.4) is 0 Å². The minimum absolute atomic E-state index is 0.149. The van der Waals surface area contributed by atoms with Gasteiger partial charge in [-0.05, 0) is 19.9 Å². The summed E-state index contributed by atoms with van der Waals surface area (Å²) in [6.07, 6.45) is 0. The van der Waals surface area contributed by atoms with Crippen molar-refractivity contribution in [3.8, 4) is 11.4 Å². The minimum Gasteiger partial charge on any atom is -0.308 e. The van der Waals surface area contributed by atoms with Crippen molar-refractivity contribution >= 4 is 33.5 Å². The molecule has 0 saturated heterocycles. The molecule has 5 rings (SSSR count). The van der Waals surface area contributed by atoms with Gasteiger partial charge in [0.15, 0.2) is 5.82 Å². The first-order valence-electron chi connectivity index (χ1n) is 9.00. The van der Waals surface area contributed by atoms with Crippen LogP contribution in [0.1, 0.15) is 18.1 Å². The minimum atomic E-state index is -0.304. The summed E-state index contributed by atoms with van der Waals surface area (Å²) in [4.78, 5) is 32.7. The number of aryl methyl sites for hydroxylation is 1. The van der Waals surface area contributed by atoms with E-state index in [1.807, 2.05) is 62.4 Å². The van der Waals surface area contributed by atoms with Crippen molar-refractivity contribution in [2.24, 2.45) is 0 Å². The van der Waals surface area contributed by atoms with Crippen molar-refractivity contribution in [3.05, 3.63) is 74.5 Å². The smallest absolute Gasteiger partial charge is 0.291 e. The van der Waals surface area contributed by atoms with Gasteiger partial charge < -0.3 is 4.90 Å². The summed E-state index contributed by atoms with van der Waals surface area (Å²) in [5.41, 5.74) is 3.76. The summed E-state index contributed by atoms with van der Waals surface area (Å²) in [6, 6.07) is 15.4. The molecule has 2 aromatic carbocycles. The lowest BCUT2D eigenvalue weighted by Gasteiger charge is -2.13. The molecule has 1 aliphatic heterocycles. The number of carbonyl (C=O) groups excluding carboxylic acids is 1. The molecule has 7 heteroatoms. The van der Waals surface area contributed by atoms with Gasteiger partial charge in [-0.2, -0.15) is 9.50 Å². The van der Waals surface area contributed by atoms with Gasteiger partial charge in [0, 0.05) is 17.7 Å². The summed E-state index contributed by atoms with van der Waals surface area (Å²) < 4.78 is 1.69. The molecule has 28 heavy (non-hydrogen) atoms. The number of fused-ring (bicyclic) bond motifs is 2. The lowest BCUT2D eigenvalue weighted by molar-refractivity contribution is -0.113. The second-order valence-corrected chi connectivity index (χ2v) is 7.65. The molecular weight excluding hydrogens is 372 g/mol. The first-order chi connectivity index (χ1) is 13.6. The molecule has 138 valence electrons. The number of rotatable bonds is 2. The standard InChI is InChI=1S/C21H16N4O2S/c1-3-24-15-7-5-4-6-14(15)16(19(24)26)17-20(27)25-21(28-17)22-18(23-25)13-10-8-12(2)9-11-13/h4-11H,3H2,1-2H3. The van der Waals surface area contributed by atoms with Crippen molar-refractivity contribution in [1.29, 1.82) is 0 Å². The third-order valence-electron chi connectivity index (χ3n) is 4.93. The maximum absolute atomic E-state index is 13.0. The number of anilines is 1. The highest BCUT2D eigenvalue weighted by Crippen LogP contribution is 2.34. The van der Waals surface area contributed by atoms with E-state index < -0.39 is 0 Å². The fourth-order valence-corrected chi connectivity index (χ4v) is 4.52. The van der Waals surface area contributed by atoms with Crippen LogP contribution in [-0.2, 0) is 4.79 Å². The Bertz CT molecular complexity index is 1350. The van der Waals surface area contributed by atoms with Gasteiger partial charge in [-0.15, -0.1) is 5.10 Å². The highest BCUT2D eigenvalue weighted by molar-refractivity contribution is 7.15. The topological polar surface area (TPSA) is 67.6 Å². The summed E-state index contributed by atoms with van der Waals surface area (Å²) in [5, 5.41) is 4.39. The molecule has 0 N–H and O–H groups in total. The molecule has 0 saturated carbocycles. The number of nitrogens with zero attached hydrogens (tertiary/aromatic N) is 4. The van der Waals surface area contributed by atoms with E-state index in [1.54, 1.807) is 4.90 Å². The maximum atomic E-state index is 13.0. The van der Waals surface area contributed by atoms with E-state index in [9.17, 15) is 9.59 Å². The van der Waals surface area contributed by atoms with Crippen LogP contribution in [0.4, 0.5) is 5.69 Å². The van der Waals surface area contributed by atoms with Crippen molar-refractivity contribution in [3.63, 3.8) is 0 Å². The van der Waals surface area contributed by atoms with E-state index in [1.165, 1.54) is 15.9 Å². The number of likely N-dealkylation sites (N-methyl/N-ethyl adjacent to an activating group) is 1. The average Bonchev–Trinajstić information content (AvgIpc) is 3.33. The normalized spacial score (nSPS) is 15.5. The van der Waals surface area contributed by atoms with Crippen LogP contribution in [0.25, 0.3) is 21.9 Å². The number of benzene rings is 2. The van der Waals surface area contributed by atoms with E-state index in [0.29, 0.717) is 27.4 Å². The van der Waals surface area contributed by atoms with Gasteiger partial charge in [-0.25, -0.2) is 0 Å². The van der Waals surface area contributed by atoms with Gasteiger partial charge in [-0.1, -0.05) is 59.4 Å². The lowest BCUT2D eigenvalue weighted by atomic mass is 10.1. The van der Waals surface area contributed by atoms with Crippen LogP contribution < -0.4 is 15.0 Å². The Morgan fingerprint density at radius 3 is 2.50 bits per heavy atom. The second-order valence-electron chi connectivity index (χ2n) is 6.67. The molecule has 0 fully saturated rings. The molecule has 2 aromatic heterocycles. The number of hydrogen-bond donors (Lipinski definition) is 0. The molecule has 4 aromatic rings. The highest BCUT2D eigenvalue weighted by atomic mass is 32.1. The first kappa shape index (κ1) is 16.8. The third kappa shape index (κ3) is 2.33. The Kier molecular flexibility index (Phi) is 3.67.